The molecule has 1 N–H and O–H groups in total. The van der Waals surface area contributed by atoms with Gasteiger partial charge in [-0.3, -0.25) is 5.43 Å². The third kappa shape index (κ3) is 5.03. The summed E-state index contributed by atoms with van der Waals surface area (Å²) in [6, 6.07) is 16.2. The summed E-state index contributed by atoms with van der Waals surface area (Å²) in [4.78, 5) is 4.64. The van der Waals surface area contributed by atoms with Crippen molar-refractivity contribution in [2.75, 3.05) is 7.11 Å². The lowest BCUT2D eigenvalue weighted by Crippen LogP contribution is -2.31. The first-order chi connectivity index (χ1) is 15.9. The van der Waals surface area contributed by atoms with E-state index in [1.807, 2.05) is 38.1 Å². The number of hydrogen-bond acceptors (Lipinski definition) is 5. The summed E-state index contributed by atoms with van der Waals surface area (Å²) >= 11 is 1.60. The van der Waals surface area contributed by atoms with Crippen LogP contribution in [0.2, 0.25) is 0 Å². The molecule has 0 aliphatic carbocycles. The SMILES string of the molecule is COc1cccc(N=C2NN=C(c3cc(C)n(-c4ccc(OC(F)F)cc4)c3C)C(C)S2)c1. The van der Waals surface area contributed by atoms with E-state index in [4.69, 9.17) is 4.74 Å². The van der Waals surface area contributed by atoms with Crippen LogP contribution < -0.4 is 14.9 Å². The zero-order valence-electron chi connectivity index (χ0n) is 18.7. The lowest BCUT2D eigenvalue weighted by atomic mass is 10.1. The molecule has 0 spiro atoms. The number of aromatic nitrogens is 1. The lowest BCUT2D eigenvalue weighted by molar-refractivity contribution is -0.0498. The van der Waals surface area contributed by atoms with Gasteiger partial charge in [-0.15, -0.1) is 0 Å². The monoisotopic (exact) mass is 470 g/mol. The number of aliphatic imine (C=N–C) groups is 1. The molecule has 1 unspecified atom stereocenters. The van der Waals surface area contributed by atoms with Crippen molar-refractivity contribution in [3.05, 3.63) is 71.5 Å². The first kappa shape index (κ1) is 22.8. The number of nitrogens with zero attached hydrogens (tertiary/aromatic N) is 3. The second kappa shape index (κ2) is 9.66. The van der Waals surface area contributed by atoms with Gasteiger partial charge in [0.1, 0.15) is 11.5 Å². The summed E-state index contributed by atoms with van der Waals surface area (Å²) in [6.45, 7) is 3.27. The number of amidine groups is 1. The Kier molecular flexibility index (Phi) is 6.69. The van der Waals surface area contributed by atoms with E-state index in [1.165, 1.54) is 0 Å². The maximum Gasteiger partial charge on any atom is 0.387 e. The van der Waals surface area contributed by atoms with Gasteiger partial charge >= 0.3 is 6.61 Å². The first-order valence-corrected chi connectivity index (χ1v) is 11.2. The predicted molar refractivity (Wildman–Crippen MR) is 129 cm³/mol. The molecule has 0 bridgehead atoms. The zero-order chi connectivity index (χ0) is 23.5. The quantitative estimate of drug-likeness (QED) is 0.493. The Morgan fingerprint density at radius 3 is 2.52 bits per heavy atom. The molecule has 1 aromatic heterocycles. The average Bonchev–Trinajstić information content (AvgIpc) is 3.08. The van der Waals surface area contributed by atoms with Crippen LogP contribution in [-0.4, -0.2) is 34.4 Å². The maximum absolute atomic E-state index is 12.4. The van der Waals surface area contributed by atoms with E-state index >= 15 is 0 Å². The van der Waals surface area contributed by atoms with Crippen molar-refractivity contribution in [1.82, 2.24) is 9.99 Å². The minimum atomic E-state index is -2.84. The van der Waals surface area contributed by atoms with Crippen molar-refractivity contribution in [1.29, 1.82) is 0 Å². The maximum atomic E-state index is 12.4. The van der Waals surface area contributed by atoms with Crippen LogP contribution in [0.5, 0.6) is 11.5 Å². The molecule has 0 radical (unpaired) electrons. The smallest absolute Gasteiger partial charge is 0.387 e. The molecule has 0 fully saturated rings. The van der Waals surface area contributed by atoms with Crippen LogP contribution in [0.15, 0.2) is 64.7 Å². The molecule has 6 nitrogen and oxygen atoms in total. The van der Waals surface area contributed by atoms with Gasteiger partial charge in [-0.2, -0.15) is 13.9 Å². The third-order valence-corrected chi connectivity index (χ3v) is 6.24. The van der Waals surface area contributed by atoms with Gasteiger partial charge in [0.25, 0.3) is 0 Å². The number of halogens is 2. The molecule has 1 aliphatic rings. The third-order valence-electron chi connectivity index (χ3n) is 5.26. The average molecular weight is 471 g/mol. The van der Waals surface area contributed by atoms with Crippen LogP contribution in [0, 0.1) is 13.8 Å². The Labute approximate surface area is 195 Å². The van der Waals surface area contributed by atoms with Crippen molar-refractivity contribution in [3.8, 4) is 17.2 Å². The zero-order valence-corrected chi connectivity index (χ0v) is 19.5. The molecule has 2 aromatic carbocycles. The number of hydrogen-bond donors (Lipinski definition) is 1. The van der Waals surface area contributed by atoms with Gasteiger partial charge < -0.3 is 14.0 Å². The minimum absolute atomic E-state index is 0.0753. The second-order valence-electron chi connectivity index (χ2n) is 7.48. The molecule has 1 atom stereocenters. The van der Waals surface area contributed by atoms with Gasteiger partial charge in [0.2, 0.25) is 0 Å². The molecule has 172 valence electrons. The number of thioether (sulfide) groups is 1. The molecule has 0 saturated heterocycles. The Morgan fingerprint density at radius 2 is 1.85 bits per heavy atom. The van der Waals surface area contributed by atoms with Gasteiger partial charge in [-0.25, -0.2) is 4.99 Å². The van der Waals surface area contributed by atoms with Crippen LogP contribution >= 0.6 is 11.8 Å². The van der Waals surface area contributed by atoms with E-state index < -0.39 is 6.61 Å². The fourth-order valence-corrected chi connectivity index (χ4v) is 4.66. The number of alkyl halides is 2. The molecule has 0 saturated carbocycles. The van der Waals surface area contributed by atoms with Crippen LogP contribution in [0.4, 0.5) is 14.5 Å². The Bertz CT molecular complexity index is 1210. The summed E-state index contributed by atoms with van der Waals surface area (Å²) in [5.41, 5.74) is 8.68. The fourth-order valence-electron chi connectivity index (χ4n) is 3.77. The molecular formula is C24H24F2N4O2S. The Balaban J connectivity index is 1.59. The lowest BCUT2D eigenvalue weighted by Gasteiger charge is -2.21. The number of methoxy groups -OCH3 is 1. The van der Waals surface area contributed by atoms with Crippen molar-refractivity contribution in [3.63, 3.8) is 0 Å². The topological polar surface area (TPSA) is 60.1 Å². The van der Waals surface area contributed by atoms with Gasteiger partial charge in [-0.1, -0.05) is 17.8 Å². The summed E-state index contributed by atoms with van der Waals surface area (Å²) < 4.78 is 36.7. The molecule has 0 amide bonds. The van der Waals surface area contributed by atoms with Crippen LogP contribution in [-0.2, 0) is 0 Å². The normalized spacial score (nSPS) is 17.1. The predicted octanol–water partition coefficient (Wildman–Crippen LogP) is 5.82. The second-order valence-corrected chi connectivity index (χ2v) is 8.81. The van der Waals surface area contributed by atoms with E-state index in [0.29, 0.717) is 5.17 Å². The summed E-state index contributed by atoms with van der Waals surface area (Å²) in [7, 11) is 1.63. The summed E-state index contributed by atoms with van der Waals surface area (Å²) in [6.07, 6.45) is 0. The molecule has 33 heavy (non-hydrogen) atoms. The van der Waals surface area contributed by atoms with E-state index in [-0.39, 0.29) is 11.0 Å². The van der Waals surface area contributed by atoms with Gasteiger partial charge in [0.05, 0.1) is 23.8 Å². The molecule has 9 heteroatoms. The number of hydrazone groups is 1. The molecular weight excluding hydrogens is 446 g/mol. The molecule has 2 heterocycles. The van der Waals surface area contributed by atoms with Crippen molar-refractivity contribution in [2.24, 2.45) is 10.1 Å². The van der Waals surface area contributed by atoms with Crippen molar-refractivity contribution < 1.29 is 18.3 Å². The largest absolute Gasteiger partial charge is 0.497 e. The van der Waals surface area contributed by atoms with Crippen molar-refractivity contribution >= 4 is 28.3 Å². The fraction of sp³-hybridized carbons (Fsp3) is 0.250. The van der Waals surface area contributed by atoms with E-state index in [0.717, 1.165) is 39.8 Å². The minimum Gasteiger partial charge on any atom is -0.497 e. The van der Waals surface area contributed by atoms with Gasteiger partial charge in [0, 0.05) is 28.7 Å². The van der Waals surface area contributed by atoms with Gasteiger partial charge in [-0.05, 0) is 63.2 Å². The van der Waals surface area contributed by atoms with E-state index in [2.05, 4.69) is 37.8 Å². The number of rotatable bonds is 6. The number of benzene rings is 2. The molecule has 1 aliphatic heterocycles. The Hall–Kier alpha value is -3.33. The number of nitrogens with one attached hydrogen (secondary N) is 1. The standard InChI is InChI=1S/C24H24F2N4O2S/c1-14-12-21(15(2)30(14)18-8-10-19(11-9-18)32-23(25)26)22-16(3)33-24(29-28-22)27-17-6-5-7-20(13-17)31-4/h5-13,16,23H,1-4H3,(H,27,29). The highest BCUT2D eigenvalue weighted by Crippen LogP contribution is 2.29. The summed E-state index contributed by atoms with van der Waals surface area (Å²) in [5.74, 6) is 0.876. The highest BCUT2D eigenvalue weighted by Gasteiger charge is 2.25. The van der Waals surface area contributed by atoms with Gasteiger partial charge in [0.15, 0.2) is 5.17 Å². The van der Waals surface area contributed by atoms with Crippen molar-refractivity contribution in [2.45, 2.75) is 32.6 Å². The highest BCUT2D eigenvalue weighted by molar-refractivity contribution is 8.15. The number of ether oxygens (including phenoxy) is 2. The molecule has 4 rings (SSSR count). The van der Waals surface area contributed by atoms with Crippen LogP contribution in [0.3, 0.4) is 0 Å². The van der Waals surface area contributed by atoms with Crippen LogP contribution in [0.1, 0.15) is 23.9 Å². The van der Waals surface area contributed by atoms with Crippen LogP contribution in [0.25, 0.3) is 5.69 Å². The Morgan fingerprint density at radius 1 is 1.09 bits per heavy atom. The number of aryl methyl sites for hydroxylation is 1. The first-order valence-electron chi connectivity index (χ1n) is 10.3. The highest BCUT2D eigenvalue weighted by atomic mass is 32.2. The summed E-state index contributed by atoms with van der Waals surface area (Å²) in [5, 5.41) is 5.41. The van der Waals surface area contributed by atoms with E-state index in [9.17, 15) is 8.78 Å². The molecule has 3 aromatic rings. The van der Waals surface area contributed by atoms with E-state index in [1.54, 1.807) is 43.1 Å².